The van der Waals surface area contributed by atoms with Crippen LogP contribution in [0.2, 0.25) is 0 Å². The monoisotopic (exact) mass is 347 g/mol. The highest BCUT2D eigenvalue weighted by Crippen LogP contribution is 2.28. The van der Waals surface area contributed by atoms with Crippen molar-refractivity contribution in [3.05, 3.63) is 12.3 Å². The van der Waals surface area contributed by atoms with Gasteiger partial charge in [0.1, 0.15) is 0 Å². The Kier molecular flexibility index (Phi) is 5.73. The minimum absolute atomic E-state index is 0.0873. The van der Waals surface area contributed by atoms with Gasteiger partial charge in [0.25, 0.3) is 0 Å². The van der Waals surface area contributed by atoms with E-state index in [0.29, 0.717) is 24.3 Å². The van der Waals surface area contributed by atoms with E-state index in [0.717, 1.165) is 45.3 Å². The summed E-state index contributed by atoms with van der Waals surface area (Å²) in [6.07, 6.45) is 5.49. The molecule has 2 saturated heterocycles. The van der Waals surface area contributed by atoms with Gasteiger partial charge in [-0.15, -0.1) is 0 Å². The number of likely N-dealkylation sites (tertiary alicyclic amines) is 1. The molecule has 2 atom stereocenters. The summed E-state index contributed by atoms with van der Waals surface area (Å²) in [4.78, 5) is 25.9. The van der Waals surface area contributed by atoms with Gasteiger partial charge in [-0.3, -0.25) is 4.79 Å². The fourth-order valence-corrected chi connectivity index (χ4v) is 3.92. The zero-order chi connectivity index (χ0) is 17.8. The highest BCUT2D eigenvalue weighted by Gasteiger charge is 2.34. The molecule has 3 rings (SSSR count). The van der Waals surface area contributed by atoms with Crippen molar-refractivity contribution in [3.63, 3.8) is 0 Å². The number of anilines is 1. The second-order valence-corrected chi connectivity index (χ2v) is 7.21. The Morgan fingerprint density at radius 3 is 2.76 bits per heavy atom. The molecule has 0 aliphatic carbocycles. The molecule has 2 aliphatic heterocycles. The molecule has 0 spiro atoms. The Balaban J connectivity index is 1.58. The lowest BCUT2D eigenvalue weighted by Gasteiger charge is -2.41. The van der Waals surface area contributed by atoms with Gasteiger partial charge in [-0.2, -0.15) is 4.98 Å². The van der Waals surface area contributed by atoms with Crippen molar-refractivity contribution in [2.24, 2.45) is 17.6 Å². The van der Waals surface area contributed by atoms with Crippen LogP contribution in [0.25, 0.3) is 0 Å². The van der Waals surface area contributed by atoms with Crippen LogP contribution >= 0.6 is 0 Å². The number of nitrogens with zero attached hydrogens (tertiary/aromatic N) is 4. The summed E-state index contributed by atoms with van der Waals surface area (Å²) in [5, 5.41) is 0. The van der Waals surface area contributed by atoms with Gasteiger partial charge in [0.15, 0.2) is 0 Å². The number of hydrogen-bond donors (Lipinski definition) is 1. The van der Waals surface area contributed by atoms with Crippen LogP contribution in [0.15, 0.2) is 12.3 Å². The Hall–Kier alpha value is -1.89. The van der Waals surface area contributed by atoms with Crippen LogP contribution in [0.4, 0.5) is 5.95 Å². The van der Waals surface area contributed by atoms with Gasteiger partial charge in [-0.05, 0) is 31.6 Å². The molecule has 2 N–H and O–H groups in total. The molecule has 1 aromatic rings. The number of piperidine rings is 2. The predicted molar refractivity (Wildman–Crippen MR) is 96.5 cm³/mol. The summed E-state index contributed by atoms with van der Waals surface area (Å²) >= 11 is 0. The average molecular weight is 347 g/mol. The third kappa shape index (κ3) is 4.03. The summed E-state index contributed by atoms with van der Waals surface area (Å²) in [7, 11) is 1.60. The Labute approximate surface area is 149 Å². The average Bonchev–Trinajstić information content (AvgIpc) is 2.67. The second kappa shape index (κ2) is 7.99. The molecular formula is C18H29N5O2. The summed E-state index contributed by atoms with van der Waals surface area (Å²) < 4.78 is 5.17. The second-order valence-electron chi connectivity index (χ2n) is 7.21. The zero-order valence-electron chi connectivity index (χ0n) is 15.2. The van der Waals surface area contributed by atoms with Crippen LogP contribution < -0.4 is 15.4 Å². The molecule has 7 heteroatoms. The molecule has 0 aromatic carbocycles. The lowest BCUT2D eigenvalue weighted by atomic mass is 9.89. The maximum absolute atomic E-state index is 13.0. The van der Waals surface area contributed by atoms with Crippen LogP contribution in [0.5, 0.6) is 5.88 Å². The van der Waals surface area contributed by atoms with Crippen molar-refractivity contribution in [1.82, 2.24) is 14.9 Å². The van der Waals surface area contributed by atoms with Crippen molar-refractivity contribution in [3.8, 4) is 5.88 Å². The molecule has 1 aromatic heterocycles. The molecule has 0 saturated carbocycles. The van der Waals surface area contributed by atoms with E-state index < -0.39 is 0 Å². The molecule has 138 valence electrons. The largest absolute Gasteiger partial charge is 0.481 e. The van der Waals surface area contributed by atoms with Crippen molar-refractivity contribution in [2.45, 2.75) is 38.6 Å². The standard InChI is InChI=1S/C18H29N5O2/c1-13-4-10-23(15(11-13)12-19)17(24)14-5-8-22(9-6-14)18-20-7-3-16(21-18)25-2/h3,7,13-15H,4-6,8-12,19H2,1-2H3. The first-order valence-electron chi connectivity index (χ1n) is 9.25. The van der Waals surface area contributed by atoms with Gasteiger partial charge in [-0.1, -0.05) is 6.92 Å². The zero-order valence-corrected chi connectivity index (χ0v) is 15.2. The van der Waals surface area contributed by atoms with E-state index in [1.165, 1.54) is 0 Å². The minimum atomic E-state index is 0.0873. The van der Waals surface area contributed by atoms with E-state index in [2.05, 4.69) is 21.8 Å². The Morgan fingerprint density at radius 2 is 2.08 bits per heavy atom. The summed E-state index contributed by atoms with van der Waals surface area (Å²) in [5.41, 5.74) is 5.92. The number of nitrogens with two attached hydrogens (primary N) is 1. The minimum Gasteiger partial charge on any atom is -0.481 e. The lowest BCUT2D eigenvalue weighted by molar-refractivity contribution is -0.140. The molecule has 2 aliphatic rings. The highest BCUT2D eigenvalue weighted by molar-refractivity contribution is 5.79. The molecule has 0 radical (unpaired) electrons. The number of aromatic nitrogens is 2. The van der Waals surface area contributed by atoms with Gasteiger partial charge in [0.2, 0.25) is 17.7 Å². The Morgan fingerprint density at radius 1 is 1.32 bits per heavy atom. The fraction of sp³-hybridized carbons (Fsp3) is 0.722. The predicted octanol–water partition coefficient (Wildman–Crippen LogP) is 1.29. The molecule has 7 nitrogen and oxygen atoms in total. The molecular weight excluding hydrogens is 318 g/mol. The number of methoxy groups -OCH3 is 1. The number of ether oxygens (including phenoxy) is 1. The van der Waals surface area contributed by atoms with Crippen molar-refractivity contribution in [2.75, 3.05) is 38.2 Å². The third-order valence-electron chi connectivity index (χ3n) is 5.49. The van der Waals surface area contributed by atoms with E-state index in [9.17, 15) is 4.79 Å². The van der Waals surface area contributed by atoms with E-state index in [-0.39, 0.29) is 17.9 Å². The smallest absolute Gasteiger partial charge is 0.228 e. The van der Waals surface area contributed by atoms with Crippen molar-refractivity contribution in [1.29, 1.82) is 0 Å². The van der Waals surface area contributed by atoms with E-state index >= 15 is 0 Å². The number of carbonyl (C=O) groups excluding carboxylic acids is 1. The van der Waals surface area contributed by atoms with E-state index in [1.54, 1.807) is 19.4 Å². The first-order valence-corrected chi connectivity index (χ1v) is 9.25. The van der Waals surface area contributed by atoms with Gasteiger partial charge in [0, 0.05) is 50.4 Å². The Bertz CT molecular complexity index is 589. The first kappa shape index (κ1) is 17.9. The molecule has 3 heterocycles. The maximum atomic E-state index is 13.0. The SMILES string of the molecule is COc1ccnc(N2CCC(C(=O)N3CCC(C)CC3CN)CC2)n1. The number of hydrogen-bond acceptors (Lipinski definition) is 6. The number of amides is 1. The molecule has 25 heavy (non-hydrogen) atoms. The number of rotatable bonds is 4. The number of carbonyl (C=O) groups is 1. The van der Waals surface area contributed by atoms with Crippen LogP contribution in [0, 0.1) is 11.8 Å². The molecule has 2 fully saturated rings. The van der Waals surface area contributed by atoms with Crippen LogP contribution in [0.1, 0.15) is 32.6 Å². The third-order valence-corrected chi connectivity index (χ3v) is 5.49. The molecule has 1 amide bonds. The van der Waals surface area contributed by atoms with Crippen molar-refractivity contribution < 1.29 is 9.53 Å². The van der Waals surface area contributed by atoms with Crippen molar-refractivity contribution >= 4 is 11.9 Å². The van der Waals surface area contributed by atoms with Crippen LogP contribution in [0.3, 0.4) is 0 Å². The van der Waals surface area contributed by atoms with Gasteiger partial charge in [-0.25, -0.2) is 4.98 Å². The first-order chi connectivity index (χ1) is 12.1. The summed E-state index contributed by atoms with van der Waals surface area (Å²) in [6, 6.07) is 1.94. The maximum Gasteiger partial charge on any atom is 0.228 e. The van der Waals surface area contributed by atoms with E-state index in [4.69, 9.17) is 10.5 Å². The fourth-order valence-electron chi connectivity index (χ4n) is 3.92. The van der Waals surface area contributed by atoms with Gasteiger partial charge < -0.3 is 20.3 Å². The van der Waals surface area contributed by atoms with Crippen LogP contribution in [-0.4, -0.2) is 60.1 Å². The van der Waals surface area contributed by atoms with Crippen LogP contribution in [-0.2, 0) is 4.79 Å². The van der Waals surface area contributed by atoms with E-state index in [1.807, 2.05) is 4.90 Å². The summed E-state index contributed by atoms with van der Waals surface area (Å²) in [5.74, 6) is 2.27. The lowest BCUT2D eigenvalue weighted by Crippen LogP contribution is -2.52. The molecule has 2 unspecified atom stereocenters. The molecule has 0 bridgehead atoms. The van der Waals surface area contributed by atoms with Gasteiger partial charge >= 0.3 is 0 Å². The van der Waals surface area contributed by atoms with Gasteiger partial charge in [0.05, 0.1) is 7.11 Å². The highest BCUT2D eigenvalue weighted by atomic mass is 16.5. The quantitative estimate of drug-likeness (QED) is 0.883. The normalized spacial score (nSPS) is 25.1. The summed E-state index contributed by atoms with van der Waals surface area (Å²) in [6.45, 7) is 5.24. The topological polar surface area (TPSA) is 84.6 Å².